The molecule has 0 unspecified atom stereocenters. The summed E-state index contributed by atoms with van der Waals surface area (Å²) in [6.07, 6.45) is -0.230. The number of hydrogen-bond donors (Lipinski definition) is 1. The van der Waals surface area contributed by atoms with Crippen LogP contribution in [0.1, 0.15) is 34.8 Å². The Bertz CT molecular complexity index is 1130. The van der Waals surface area contributed by atoms with Gasteiger partial charge in [-0.15, -0.1) is 0 Å². The fourth-order valence-corrected chi connectivity index (χ4v) is 5.16. The number of nitrogens with one attached hydrogen (secondary N) is 1. The molecular formula is C22H25N3O5S. The van der Waals surface area contributed by atoms with Gasteiger partial charge in [0.15, 0.2) is 0 Å². The summed E-state index contributed by atoms with van der Waals surface area (Å²) in [5.74, 6) is -1.40. The fourth-order valence-electron chi connectivity index (χ4n) is 3.59. The number of sulfonamides is 1. The number of benzene rings is 2. The van der Waals surface area contributed by atoms with E-state index in [1.54, 1.807) is 19.1 Å². The van der Waals surface area contributed by atoms with Gasteiger partial charge in [-0.1, -0.05) is 42.0 Å². The summed E-state index contributed by atoms with van der Waals surface area (Å²) in [6.45, 7) is 3.44. The van der Waals surface area contributed by atoms with Crippen molar-refractivity contribution in [3.8, 4) is 0 Å². The Morgan fingerprint density at radius 1 is 1.13 bits per heavy atom. The lowest BCUT2D eigenvalue weighted by Gasteiger charge is -2.29. The summed E-state index contributed by atoms with van der Waals surface area (Å²) >= 11 is 0. The Morgan fingerprint density at radius 3 is 2.48 bits per heavy atom. The molecule has 8 nitrogen and oxygen atoms in total. The van der Waals surface area contributed by atoms with E-state index in [9.17, 15) is 22.8 Å². The highest BCUT2D eigenvalue weighted by Crippen LogP contribution is 2.30. The average Bonchev–Trinajstić information content (AvgIpc) is 2.95. The van der Waals surface area contributed by atoms with Crippen LogP contribution in [-0.4, -0.2) is 55.0 Å². The minimum absolute atomic E-state index is 0.0530. The third-order valence-corrected chi connectivity index (χ3v) is 7.13. The van der Waals surface area contributed by atoms with E-state index in [2.05, 4.69) is 5.32 Å². The third kappa shape index (κ3) is 4.46. The first kappa shape index (κ1) is 22.5. The van der Waals surface area contributed by atoms with Gasteiger partial charge in [-0.05, 0) is 31.5 Å². The van der Waals surface area contributed by atoms with Crippen LogP contribution >= 0.6 is 0 Å². The molecule has 0 bridgehead atoms. The summed E-state index contributed by atoms with van der Waals surface area (Å²) in [5, 5.41) is 2.53. The van der Waals surface area contributed by atoms with Gasteiger partial charge in [0.05, 0.1) is 5.56 Å². The molecule has 0 saturated heterocycles. The fraction of sp³-hybridized carbons (Fsp3) is 0.318. The number of aryl methyl sites for hydroxylation is 1. The monoisotopic (exact) mass is 443 g/mol. The Hall–Kier alpha value is -3.20. The molecule has 9 heteroatoms. The standard InChI is InChI=1S/C22H25N3O5S/c1-15-7-6-8-17(13-15)14-24(16(2)21(27)23-3)20(26)11-12-25-22(28)18-9-4-5-10-19(18)31(25,29)30/h4-10,13,16H,11-12,14H2,1-3H3,(H,23,27)/t16-/m0/s1. The van der Waals surface area contributed by atoms with Gasteiger partial charge in [-0.25, -0.2) is 12.7 Å². The molecule has 31 heavy (non-hydrogen) atoms. The number of amides is 3. The highest BCUT2D eigenvalue weighted by Gasteiger charge is 2.41. The molecule has 0 aromatic heterocycles. The summed E-state index contributed by atoms with van der Waals surface area (Å²) in [5.41, 5.74) is 1.97. The predicted octanol–water partition coefficient (Wildman–Crippen LogP) is 1.69. The van der Waals surface area contributed by atoms with Crippen LogP contribution in [0.15, 0.2) is 53.4 Å². The Labute approximate surface area is 181 Å². The first-order valence-corrected chi connectivity index (χ1v) is 11.3. The first-order valence-electron chi connectivity index (χ1n) is 9.89. The van der Waals surface area contributed by atoms with E-state index in [4.69, 9.17) is 0 Å². The summed E-state index contributed by atoms with van der Waals surface area (Å²) in [6, 6.07) is 12.8. The number of carbonyl (C=O) groups is 3. The van der Waals surface area contributed by atoms with Crippen LogP contribution in [-0.2, 0) is 26.2 Å². The van der Waals surface area contributed by atoms with E-state index < -0.39 is 27.9 Å². The molecule has 3 rings (SSSR count). The van der Waals surface area contributed by atoms with Gasteiger partial charge in [-0.3, -0.25) is 14.4 Å². The summed E-state index contributed by atoms with van der Waals surface area (Å²) in [7, 11) is -2.50. The molecule has 0 radical (unpaired) electrons. The van der Waals surface area contributed by atoms with Gasteiger partial charge in [0.2, 0.25) is 11.8 Å². The second-order valence-electron chi connectivity index (χ2n) is 7.43. The second-order valence-corrected chi connectivity index (χ2v) is 9.26. The van der Waals surface area contributed by atoms with E-state index >= 15 is 0 Å². The number of nitrogens with zero attached hydrogens (tertiary/aromatic N) is 2. The molecule has 1 atom stereocenters. The van der Waals surface area contributed by atoms with E-state index in [0.29, 0.717) is 0 Å². The third-order valence-electron chi connectivity index (χ3n) is 5.29. The minimum atomic E-state index is -3.99. The quantitative estimate of drug-likeness (QED) is 0.701. The van der Waals surface area contributed by atoms with Crippen LogP contribution in [0.2, 0.25) is 0 Å². The zero-order valence-corrected chi connectivity index (χ0v) is 18.5. The molecular weight excluding hydrogens is 418 g/mol. The number of carbonyl (C=O) groups excluding carboxylic acids is 3. The van der Waals surface area contributed by atoms with Crippen molar-refractivity contribution in [2.45, 2.75) is 37.8 Å². The second kappa shape index (κ2) is 8.89. The number of fused-ring (bicyclic) bond motifs is 1. The molecule has 2 aromatic rings. The normalized spacial score (nSPS) is 15.3. The summed E-state index contributed by atoms with van der Waals surface area (Å²) in [4.78, 5) is 39.2. The van der Waals surface area contributed by atoms with E-state index in [1.807, 2.05) is 31.2 Å². The Balaban J connectivity index is 1.79. The van der Waals surface area contributed by atoms with Crippen LogP contribution in [0.5, 0.6) is 0 Å². The lowest BCUT2D eigenvalue weighted by atomic mass is 10.1. The van der Waals surface area contributed by atoms with Crippen LogP contribution in [0.25, 0.3) is 0 Å². The molecule has 164 valence electrons. The van der Waals surface area contributed by atoms with Crippen molar-refractivity contribution in [3.05, 3.63) is 65.2 Å². The van der Waals surface area contributed by atoms with E-state index in [-0.39, 0.29) is 35.9 Å². The van der Waals surface area contributed by atoms with Crippen LogP contribution in [0.3, 0.4) is 0 Å². The Morgan fingerprint density at radius 2 is 1.84 bits per heavy atom. The van der Waals surface area contributed by atoms with Crippen molar-refractivity contribution in [1.82, 2.24) is 14.5 Å². The van der Waals surface area contributed by atoms with Crippen LogP contribution in [0.4, 0.5) is 0 Å². The molecule has 0 fully saturated rings. The first-order chi connectivity index (χ1) is 14.7. The smallest absolute Gasteiger partial charge is 0.269 e. The Kier molecular flexibility index (Phi) is 6.45. The SMILES string of the molecule is CNC(=O)[C@H](C)N(Cc1cccc(C)c1)C(=O)CCN1C(=O)c2ccccc2S1(=O)=O. The topological polar surface area (TPSA) is 104 Å². The van der Waals surface area contributed by atoms with Crippen molar-refractivity contribution < 1.29 is 22.8 Å². The number of hydrogen-bond acceptors (Lipinski definition) is 5. The molecule has 1 heterocycles. The van der Waals surface area contributed by atoms with Gasteiger partial charge in [-0.2, -0.15) is 0 Å². The highest BCUT2D eigenvalue weighted by molar-refractivity contribution is 7.90. The zero-order chi connectivity index (χ0) is 22.8. The molecule has 0 aliphatic carbocycles. The lowest BCUT2D eigenvalue weighted by molar-refractivity contribution is -0.140. The molecule has 2 aromatic carbocycles. The molecule has 1 N–H and O–H groups in total. The average molecular weight is 444 g/mol. The van der Waals surface area contributed by atoms with Crippen LogP contribution in [0, 0.1) is 6.92 Å². The van der Waals surface area contributed by atoms with Crippen molar-refractivity contribution in [1.29, 1.82) is 0 Å². The van der Waals surface area contributed by atoms with Gasteiger partial charge in [0.1, 0.15) is 10.9 Å². The molecule has 3 amide bonds. The number of rotatable bonds is 7. The van der Waals surface area contributed by atoms with Crippen LogP contribution < -0.4 is 5.32 Å². The lowest BCUT2D eigenvalue weighted by Crippen LogP contribution is -2.47. The van der Waals surface area contributed by atoms with Gasteiger partial charge >= 0.3 is 0 Å². The van der Waals surface area contributed by atoms with E-state index in [1.165, 1.54) is 24.1 Å². The minimum Gasteiger partial charge on any atom is -0.357 e. The number of likely N-dealkylation sites (N-methyl/N-ethyl adjacent to an activating group) is 1. The van der Waals surface area contributed by atoms with E-state index in [0.717, 1.165) is 15.4 Å². The summed E-state index contributed by atoms with van der Waals surface area (Å²) < 4.78 is 26.1. The predicted molar refractivity (Wildman–Crippen MR) is 115 cm³/mol. The highest BCUT2D eigenvalue weighted by atomic mass is 32.2. The van der Waals surface area contributed by atoms with Crippen molar-refractivity contribution in [3.63, 3.8) is 0 Å². The van der Waals surface area contributed by atoms with Crippen molar-refractivity contribution in [2.75, 3.05) is 13.6 Å². The molecule has 0 spiro atoms. The zero-order valence-electron chi connectivity index (χ0n) is 17.7. The molecule has 1 aliphatic heterocycles. The van der Waals surface area contributed by atoms with Gasteiger partial charge in [0.25, 0.3) is 15.9 Å². The van der Waals surface area contributed by atoms with Gasteiger partial charge in [0, 0.05) is 26.6 Å². The largest absolute Gasteiger partial charge is 0.357 e. The van der Waals surface area contributed by atoms with Crippen molar-refractivity contribution >= 4 is 27.7 Å². The van der Waals surface area contributed by atoms with Crippen molar-refractivity contribution in [2.24, 2.45) is 0 Å². The maximum Gasteiger partial charge on any atom is 0.269 e. The molecule has 1 aliphatic rings. The van der Waals surface area contributed by atoms with Gasteiger partial charge < -0.3 is 10.2 Å². The molecule has 0 saturated carbocycles. The maximum atomic E-state index is 13.1. The maximum absolute atomic E-state index is 13.1.